The molecule has 0 aliphatic heterocycles. The van der Waals surface area contributed by atoms with E-state index in [4.69, 9.17) is 9.72 Å². The van der Waals surface area contributed by atoms with Gasteiger partial charge in [0.2, 0.25) is 0 Å². The van der Waals surface area contributed by atoms with Gasteiger partial charge >= 0.3 is 0 Å². The van der Waals surface area contributed by atoms with Crippen LogP contribution in [0.25, 0.3) is 11.0 Å². The van der Waals surface area contributed by atoms with Crippen molar-refractivity contribution < 1.29 is 4.74 Å². The van der Waals surface area contributed by atoms with Gasteiger partial charge in [-0.2, -0.15) is 0 Å². The van der Waals surface area contributed by atoms with Gasteiger partial charge in [-0.3, -0.25) is 0 Å². The van der Waals surface area contributed by atoms with E-state index < -0.39 is 0 Å². The first-order valence-corrected chi connectivity index (χ1v) is 10.8. The molecule has 0 bridgehead atoms. The summed E-state index contributed by atoms with van der Waals surface area (Å²) in [5.41, 5.74) is 4.89. The molecule has 3 heteroatoms. The monoisotopic (exact) mass is 378 g/mol. The molecular formula is C25H34N2O. The van der Waals surface area contributed by atoms with Gasteiger partial charge in [-0.15, -0.1) is 0 Å². The predicted molar refractivity (Wildman–Crippen MR) is 118 cm³/mol. The lowest BCUT2D eigenvalue weighted by molar-refractivity contribution is 0.297. The minimum absolute atomic E-state index is 0.471. The fourth-order valence-corrected chi connectivity index (χ4v) is 3.75. The molecule has 0 N–H and O–H groups in total. The third kappa shape index (κ3) is 4.95. The van der Waals surface area contributed by atoms with Gasteiger partial charge < -0.3 is 9.30 Å². The van der Waals surface area contributed by atoms with E-state index in [9.17, 15) is 0 Å². The molecule has 0 unspecified atom stereocenters. The first-order valence-electron chi connectivity index (χ1n) is 10.8. The lowest BCUT2D eigenvalue weighted by Gasteiger charge is -2.15. The van der Waals surface area contributed by atoms with Crippen LogP contribution in [0.2, 0.25) is 0 Å². The normalized spacial score (nSPS) is 11.5. The number of rotatable bonds is 10. The number of benzene rings is 2. The molecule has 0 aliphatic carbocycles. The van der Waals surface area contributed by atoms with Gasteiger partial charge in [0.05, 0.1) is 17.6 Å². The van der Waals surface area contributed by atoms with Crippen molar-refractivity contribution in [2.24, 2.45) is 0 Å². The molecule has 0 spiro atoms. The molecule has 3 aromatic rings. The standard InChI is InChI=1S/C25H34N2O/c1-5-6-7-13-25-26-22-11-8-9-12-23(22)27(25)16-10-17-28-24-18-20(4)14-15-21(24)19(2)3/h8-9,11-12,14-15,18-19H,5-7,10,13,16-17H2,1-4H3. The van der Waals surface area contributed by atoms with E-state index in [0.29, 0.717) is 5.92 Å². The second-order valence-corrected chi connectivity index (χ2v) is 8.02. The second-order valence-electron chi connectivity index (χ2n) is 8.02. The number of aryl methyl sites for hydroxylation is 3. The van der Waals surface area contributed by atoms with Gasteiger partial charge in [-0.05, 0) is 55.0 Å². The van der Waals surface area contributed by atoms with Crippen molar-refractivity contribution in [3.63, 3.8) is 0 Å². The lowest BCUT2D eigenvalue weighted by atomic mass is 10.0. The van der Waals surface area contributed by atoms with Crippen LogP contribution in [0.3, 0.4) is 0 Å². The molecule has 0 saturated carbocycles. The Morgan fingerprint density at radius 1 is 1.04 bits per heavy atom. The maximum atomic E-state index is 6.19. The third-order valence-corrected chi connectivity index (χ3v) is 5.31. The summed E-state index contributed by atoms with van der Waals surface area (Å²) in [5.74, 6) is 2.72. The molecule has 1 heterocycles. The van der Waals surface area contributed by atoms with Crippen molar-refractivity contribution in [3.8, 4) is 5.75 Å². The zero-order valence-electron chi connectivity index (χ0n) is 17.9. The van der Waals surface area contributed by atoms with Crippen LogP contribution in [-0.2, 0) is 13.0 Å². The molecular weight excluding hydrogens is 344 g/mol. The number of ether oxygens (including phenoxy) is 1. The quantitative estimate of drug-likeness (QED) is 0.368. The number of para-hydroxylation sites is 2. The number of nitrogens with zero attached hydrogens (tertiary/aromatic N) is 2. The average molecular weight is 379 g/mol. The van der Waals surface area contributed by atoms with Crippen LogP contribution < -0.4 is 4.74 Å². The molecule has 28 heavy (non-hydrogen) atoms. The van der Waals surface area contributed by atoms with Crippen molar-refractivity contribution in [2.45, 2.75) is 72.3 Å². The Kier molecular flexibility index (Phi) is 7.13. The van der Waals surface area contributed by atoms with Crippen LogP contribution in [-0.4, -0.2) is 16.2 Å². The number of hydrogen-bond donors (Lipinski definition) is 0. The minimum Gasteiger partial charge on any atom is -0.493 e. The Bertz CT molecular complexity index is 895. The van der Waals surface area contributed by atoms with Gasteiger partial charge in [-0.1, -0.05) is 57.9 Å². The molecule has 0 atom stereocenters. The maximum Gasteiger partial charge on any atom is 0.123 e. The zero-order valence-corrected chi connectivity index (χ0v) is 17.9. The topological polar surface area (TPSA) is 27.1 Å². The predicted octanol–water partition coefficient (Wildman–Crippen LogP) is 6.67. The molecule has 0 radical (unpaired) electrons. The molecule has 0 amide bonds. The largest absolute Gasteiger partial charge is 0.493 e. The minimum atomic E-state index is 0.471. The summed E-state index contributed by atoms with van der Waals surface area (Å²) in [6, 6.07) is 15.0. The number of unbranched alkanes of at least 4 members (excludes halogenated alkanes) is 2. The average Bonchev–Trinajstić information content (AvgIpc) is 3.03. The van der Waals surface area contributed by atoms with E-state index in [1.54, 1.807) is 0 Å². The highest BCUT2D eigenvalue weighted by Gasteiger charge is 2.11. The summed E-state index contributed by atoms with van der Waals surface area (Å²) in [4.78, 5) is 4.89. The summed E-state index contributed by atoms with van der Waals surface area (Å²) in [6.45, 7) is 10.5. The third-order valence-electron chi connectivity index (χ3n) is 5.31. The highest BCUT2D eigenvalue weighted by Crippen LogP contribution is 2.27. The highest BCUT2D eigenvalue weighted by molar-refractivity contribution is 5.75. The highest BCUT2D eigenvalue weighted by atomic mass is 16.5. The lowest BCUT2D eigenvalue weighted by Crippen LogP contribution is -2.09. The molecule has 0 saturated heterocycles. The van der Waals surface area contributed by atoms with E-state index in [-0.39, 0.29) is 0 Å². The van der Waals surface area contributed by atoms with Crippen molar-refractivity contribution in [1.82, 2.24) is 9.55 Å². The number of imidazole rings is 1. The molecule has 3 rings (SSSR count). The fourth-order valence-electron chi connectivity index (χ4n) is 3.75. The van der Waals surface area contributed by atoms with Crippen LogP contribution >= 0.6 is 0 Å². The van der Waals surface area contributed by atoms with Crippen LogP contribution in [0.15, 0.2) is 42.5 Å². The number of aromatic nitrogens is 2. The zero-order chi connectivity index (χ0) is 19.9. The fraction of sp³-hybridized carbons (Fsp3) is 0.480. The van der Waals surface area contributed by atoms with Crippen LogP contribution in [0.5, 0.6) is 5.75 Å². The van der Waals surface area contributed by atoms with Gasteiger partial charge in [0.1, 0.15) is 11.6 Å². The van der Waals surface area contributed by atoms with E-state index in [2.05, 4.69) is 74.7 Å². The van der Waals surface area contributed by atoms with Gasteiger partial charge in [0.15, 0.2) is 0 Å². The molecule has 150 valence electrons. The summed E-state index contributed by atoms with van der Waals surface area (Å²) in [5, 5.41) is 0. The molecule has 2 aromatic carbocycles. The smallest absolute Gasteiger partial charge is 0.123 e. The van der Waals surface area contributed by atoms with E-state index in [0.717, 1.165) is 37.3 Å². The van der Waals surface area contributed by atoms with E-state index >= 15 is 0 Å². The second kappa shape index (κ2) is 9.77. The van der Waals surface area contributed by atoms with E-state index in [1.807, 2.05) is 0 Å². The molecule has 0 fully saturated rings. The molecule has 0 aliphatic rings. The molecule has 1 aromatic heterocycles. The summed E-state index contributed by atoms with van der Waals surface area (Å²) in [6.07, 6.45) is 5.74. The van der Waals surface area contributed by atoms with Gasteiger partial charge in [0, 0.05) is 13.0 Å². The van der Waals surface area contributed by atoms with Crippen molar-refractivity contribution >= 4 is 11.0 Å². The van der Waals surface area contributed by atoms with Crippen molar-refractivity contribution in [3.05, 3.63) is 59.4 Å². The Morgan fingerprint density at radius 3 is 2.64 bits per heavy atom. The van der Waals surface area contributed by atoms with Crippen molar-refractivity contribution in [1.29, 1.82) is 0 Å². The Balaban J connectivity index is 1.67. The first kappa shape index (κ1) is 20.4. The van der Waals surface area contributed by atoms with Crippen molar-refractivity contribution in [2.75, 3.05) is 6.61 Å². The van der Waals surface area contributed by atoms with Crippen LogP contribution in [0.4, 0.5) is 0 Å². The first-order chi connectivity index (χ1) is 13.6. The number of hydrogen-bond acceptors (Lipinski definition) is 2. The molecule has 3 nitrogen and oxygen atoms in total. The van der Waals surface area contributed by atoms with Gasteiger partial charge in [0.25, 0.3) is 0 Å². The summed E-state index contributed by atoms with van der Waals surface area (Å²) in [7, 11) is 0. The van der Waals surface area contributed by atoms with E-state index in [1.165, 1.54) is 41.7 Å². The Hall–Kier alpha value is -2.29. The summed E-state index contributed by atoms with van der Waals surface area (Å²) >= 11 is 0. The van der Waals surface area contributed by atoms with Crippen LogP contribution in [0, 0.1) is 6.92 Å². The maximum absolute atomic E-state index is 6.19. The summed E-state index contributed by atoms with van der Waals surface area (Å²) < 4.78 is 8.59. The van der Waals surface area contributed by atoms with Crippen LogP contribution in [0.1, 0.15) is 69.3 Å². The SMILES string of the molecule is CCCCCc1nc2ccccc2n1CCCOc1cc(C)ccc1C(C)C. The Morgan fingerprint density at radius 2 is 1.86 bits per heavy atom. The van der Waals surface area contributed by atoms with Gasteiger partial charge in [-0.25, -0.2) is 4.98 Å². The number of fused-ring (bicyclic) bond motifs is 1. The Labute approximate surface area is 169 Å².